The summed E-state index contributed by atoms with van der Waals surface area (Å²) >= 11 is 1.58. The van der Waals surface area contributed by atoms with E-state index in [-0.39, 0.29) is 35.5 Å². The molecule has 3 heterocycles. The number of thiazole rings is 1. The highest BCUT2D eigenvalue weighted by Crippen LogP contribution is 2.32. The molecule has 1 fully saturated rings. The maximum absolute atomic E-state index is 15.2. The van der Waals surface area contributed by atoms with Crippen LogP contribution in [-0.2, 0) is 6.54 Å². The molecule has 0 spiro atoms. The second kappa shape index (κ2) is 10.5. The van der Waals surface area contributed by atoms with Crippen LogP contribution in [0.25, 0.3) is 21.7 Å². The molecule has 1 aliphatic rings. The van der Waals surface area contributed by atoms with Crippen LogP contribution < -0.4 is 4.90 Å². The van der Waals surface area contributed by atoms with Gasteiger partial charge in [0.15, 0.2) is 0 Å². The Hall–Kier alpha value is -3.47. The number of piperidine rings is 1. The Morgan fingerprint density at radius 2 is 1.89 bits per heavy atom. The highest BCUT2D eigenvalue weighted by molar-refractivity contribution is 7.18. The number of benzene rings is 2. The number of hydrogen-bond donors (Lipinski definition) is 0. The number of alkyl halides is 2. The molecule has 2 aromatic carbocycles. The Morgan fingerprint density at radius 3 is 2.57 bits per heavy atom. The zero-order chi connectivity index (χ0) is 26.1. The van der Waals surface area contributed by atoms with Crippen molar-refractivity contribution in [1.29, 1.82) is 0 Å². The van der Waals surface area contributed by atoms with E-state index in [9.17, 15) is 13.6 Å². The van der Waals surface area contributed by atoms with Crippen molar-refractivity contribution < 1.29 is 22.4 Å². The lowest BCUT2D eigenvalue weighted by atomic mass is 10.1. The van der Waals surface area contributed by atoms with Gasteiger partial charge in [0, 0.05) is 35.8 Å². The summed E-state index contributed by atoms with van der Waals surface area (Å²) in [6.45, 7) is 5.47. The molecule has 0 N–H and O–H groups in total. The monoisotopic (exact) mass is 529 g/mol. The molecule has 2 amide bonds. The number of rotatable bonds is 6. The van der Waals surface area contributed by atoms with Crippen molar-refractivity contribution in [2.45, 2.75) is 52.0 Å². The molecule has 0 aliphatic carbocycles. The van der Waals surface area contributed by atoms with Crippen molar-refractivity contribution in [3.05, 3.63) is 58.7 Å². The zero-order valence-corrected chi connectivity index (χ0v) is 21.3. The number of nitrogens with zero attached hydrogens (tertiary/aromatic N) is 5. The highest BCUT2D eigenvalue weighted by atomic mass is 32.1. The van der Waals surface area contributed by atoms with Crippen LogP contribution in [0.3, 0.4) is 0 Å². The molecule has 37 heavy (non-hydrogen) atoms. The van der Waals surface area contributed by atoms with E-state index in [0.717, 1.165) is 40.6 Å². The molecule has 11 heteroatoms. The van der Waals surface area contributed by atoms with E-state index in [1.54, 1.807) is 21.1 Å². The maximum atomic E-state index is 15.2. The Kier molecular flexibility index (Phi) is 7.14. The third-order valence-corrected chi connectivity index (χ3v) is 7.63. The Labute approximate surface area is 215 Å². The summed E-state index contributed by atoms with van der Waals surface area (Å²) < 4.78 is 46.7. The number of aromatic nitrogens is 3. The quantitative estimate of drug-likeness (QED) is 0.265. The molecule has 2 aromatic heterocycles. The van der Waals surface area contributed by atoms with Gasteiger partial charge in [-0.1, -0.05) is 19.9 Å². The third-order valence-electron chi connectivity index (χ3n) is 6.31. The number of amides is 2. The summed E-state index contributed by atoms with van der Waals surface area (Å²) in [4.78, 5) is 21.7. The number of carbonyl (C=O) groups excluding carboxylic acids is 1. The molecule has 0 atom stereocenters. The second-order valence-corrected chi connectivity index (χ2v) is 10.4. The van der Waals surface area contributed by atoms with Crippen LogP contribution in [0.15, 0.2) is 40.8 Å². The normalized spacial score (nSPS) is 14.2. The van der Waals surface area contributed by atoms with E-state index in [1.165, 1.54) is 12.1 Å². The molecular formula is C26H26F3N5O2S. The van der Waals surface area contributed by atoms with Gasteiger partial charge in [-0.25, -0.2) is 14.2 Å². The maximum Gasteiger partial charge on any atom is 0.324 e. The number of urea groups is 1. The molecule has 0 saturated carbocycles. The number of likely N-dealkylation sites (tertiary alicyclic amines) is 1. The van der Waals surface area contributed by atoms with Crippen LogP contribution in [0.4, 0.5) is 23.7 Å². The van der Waals surface area contributed by atoms with Gasteiger partial charge in [0.2, 0.25) is 5.89 Å². The lowest BCUT2D eigenvalue weighted by Crippen LogP contribution is -2.45. The zero-order valence-electron chi connectivity index (χ0n) is 20.5. The summed E-state index contributed by atoms with van der Waals surface area (Å²) in [5.41, 5.74) is 1.97. The number of carbonyl (C=O) groups is 1. The number of hydrogen-bond acceptors (Lipinski definition) is 6. The van der Waals surface area contributed by atoms with E-state index in [4.69, 9.17) is 4.42 Å². The molecular weight excluding hydrogens is 503 g/mol. The first-order valence-corrected chi connectivity index (χ1v) is 13.0. The minimum atomic E-state index is -2.91. The molecule has 0 unspecified atom stereocenters. The van der Waals surface area contributed by atoms with Crippen LogP contribution >= 0.6 is 11.3 Å². The van der Waals surface area contributed by atoms with Crippen LogP contribution in [0.1, 0.15) is 61.9 Å². The summed E-state index contributed by atoms with van der Waals surface area (Å²) in [6, 6.07) is 9.65. The SMILES string of the molecule is CC(C)c1nc2ccc(N(Cc3ccc(-c4nnc(C(F)F)o4)cc3F)C(=O)N3CCCCC3)cc2s1. The molecule has 1 saturated heterocycles. The van der Waals surface area contributed by atoms with Crippen molar-refractivity contribution >= 4 is 33.3 Å². The standard InChI is InChI=1S/C26H26F3N5O2S/c1-15(2)25-30-20-9-8-18(13-21(20)37-25)34(26(35)33-10-4-3-5-11-33)14-17-7-6-16(12-19(17)27)23-31-32-24(36-23)22(28)29/h6-9,12-13,15,22H,3-5,10-11,14H2,1-2H3. The average molecular weight is 530 g/mol. The van der Waals surface area contributed by atoms with Crippen molar-refractivity contribution in [2.24, 2.45) is 0 Å². The second-order valence-electron chi connectivity index (χ2n) is 9.33. The van der Waals surface area contributed by atoms with Gasteiger partial charge >= 0.3 is 12.5 Å². The van der Waals surface area contributed by atoms with Crippen LogP contribution in [0, 0.1) is 5.82 Å². The minimum Gasteiger partial charge on any atom is -0.415 e. The Bertz CT molecular complexity index is 1410. The summed E-state index contributed by atoms with van der Waals surface area (Å²) in [5.74, 6) is -1.34. The molecule has 194 valence electrons. The largest absolute Gasteiger partial charge is 0.415 e. The van der Waals surface area contributed by atoms with Gasteiger partial charge in [0.1, 0.15) is 5.82 Å². The Balaban J connectivity index is 1.47. The van der Waals surface area contributed by atoms with Crippen molar-refractivity contribution in [3.8, 4) is 11.5 Å². The number of anilines is 1. The fourth-order valence-corrected chi connectivity index (χ4v) is 5.29. The van der Waals surface area contributed by atoms with E-state index in [0.29, 0.717) is 18.8 Å². The molecule has 0 radical (unpaired) electrons. The van der Waals surface area contributed by atoms with E-state index in [1.807, 2.05) is 18.2 Å². The van der Waals surface area contributed by atoms with E-state index < -0.39 is 18.1 Å². The first-order valence-electron chi connectivity index (χ1n) is 12.2. The molecule has 5 rings (SSSR count). The van der Waals surface area contributed by atoms with Crippen molar-refractivity contribution in [2.75, 3.05) is 18.0 Å². The van der Waals surface area contributed by atoms with Gasteiger partial charge in [-0.2, -0.15) is 8.78 Å². The van der Waals surface area contributed by atoms with Crippen LogP contribution in [0.5, 0.6) is 0 Å². The molecule has 4 aromatic rings. The van der Waals surface area contributed by atoms with E-state index in [2.05, 4.69) is 29.0 Å². The predicted octanol–water partition coefficient (Wildman–Crippen LogP) is 7.16. The third kappa shape index (κ3) is 5.31. The molecule has 1 aliphatic heterocycles. The van der Waals surface area contributed by atoms with Crippen molar-refractivity contribution in [3.63, 3.8) is 0 Å². The summed E-state index contributed by atoms with van der Waals surface area (Å²) in [6.07, 6.45) is 0.0263. The van der Waals surface area contributed by atoms with Gasteiger partial charge in [0.25, 0.3) is 5.89 Å². The van der Waals surface area contributed by atoms with Gasteiger partial charge in [0.05, 0.1) is 21.8 Å². The van der Waals surface area contributed by atoms with Crippen LogP contribution in [0.2, 0.25) is 0 Å². The Morgan fingerprint density at radius 1 is 1.11 bits per heavy atom. The first-order chi connectivity index (χ1) is 17.8. The lowest BCUT2D eigenvalue weighted by Gasteiger charge is -2.33. The predicted molar refractivity (Wildman–Crippen MR) is 135 cm³/mol. The number of halogens is 3. The average Bonchev–Trinajstić information content (AvgIpc) is 3.56. The molecule has 0 bridgehead atoms. The topological polar surface area (TPSA) is 75.4 Å². The fraction of sp³-hybridized carbons (Fsp3) is 0.385. The smallest absolute Gasteiger partial charge is 0.324 e. The summed E-state index contributed by atoms with van der Waals surface area (Å²) in [5, 5.41) is 7.89. The molecule has 7 nitrogen and oxygen atoms in total. The van der Waals surface area contributed by atoms with E-state index >= 15 is 4.39 Å². The number of fused-ring (bicyclic) bond motifs is 1. The van der Waals surface area contributed by atoms with Gasteiger partial charge in [-0.3, -0.25) is 4.90 Å². The van der Waals surface area contributed by atoms with Gasteiger partial charge in [-0.15, -0.1) is 21.5 Å². The van der Waals surface area contributed by atoms with Gasteiger partial charge < -0.3 is 9.32 Å². The minimum absolute atomic E-state index is 0.00505. The lowest BCUT2D eigenvalue weighted by molar-refractivity contribution is 0.116. The first kappa shape index (κ1) is 25.2. The highest BCUT2D eigenvalue weighted by Gasteiger charge is 2.26. The van der Waals surface area contributed by atoms with Crippen LogP contribution in [-0.4, -0.2) is 39.2 Å². The van der Waals surface area contributed by atoms with Crippen molar-refractivity contribution in [1.82, 2.24) is 20.1 Å². The summed E-state index contributed by atoms with van der Waals surface area (Å²) in [7, 11) is 0. The van der Waals surface area contributed by atoms with Gasteiger partial charge in [-0.05, 0) is 49.6 Å². The fourth-order valence-electron chi connectivity index (χ4n) is 4.29.